The lowest BCUT2D eigenvalue weighted by molar-refractivity contribution is 0.0694. The molecule has 1 aromatic heterocycles. The number of aromatic carboxylic acids is 1. The van der Waals surface area contributed by atoms with E-state index in [1.807, 2.05) is 0 Å². The maximum Gasteiger partial charge on any atom is 0.341 e. The molecule has 0 spiro atoms. The van der Waals surface area contributed by atoms with Crippen LogP contribution in [0.1, 0.15) is 10.4 Å². The van der Waals surface area contributed by atoms with Crippen molar-refractivity contribution in [3.05, 3.63) is 23.9 Å². The SMILES string of the molecule is O=C(O)c1cccnc1OBr. The van der Waals surface area contributed by atoms with Gasteiger partial charge in [-0.1, -0.05) is 0 Å². The van der Waals surface area contributed by atoms with Crippen molar-refractivity contribution < 1.29 is 13.7 Å². The maximum absolute atomic E-state index is 10.4. The van der Waals surface area contributed by atoms with Crippen molar-refractivity contribution in [2.24, 2.45) is 0 Å². The highest BCUT2D eigenvalue weighted by molar-refractivity contribution is 9.06. The molecule has 1 rings (SSSR count). The molecule has 11 heavy (non-hydrogen) atoms. The van der Waals surface area contributed by atoms with Gasteiger partial charge in [0.2, 0.25) is 5.88 Å². The zero-order valence-electron chi connectivity index (χ0n) is 5.32. The molecule has 0 bridgehead atoms. The van der Waals surface area contributed by atoms with Crippen molar-refractivity contribution in [2.75, 3.05) is 0 Å². The van der Waals surface area contributed by atoms with E-state index < -0.39 is 5.97 Å². The van der Waals surface area contributed by atoms with Crippen molar-refractivity contribution in [1.29, 1.82) is 0 Å². The van der Waals surface area contributed by atoms with Crippen molar-refractivity contribution >= 4 is 22.2 Å². The van der Waals surface area contributed by atoms with Gasteiger partial charge in [-0.05, 0) is 12.1 Å². The molecular formula is C6H4BrNO3. The summed E-state index contributed by atoms with van der Waals surface area (Å²) in [6.07, 6.45) is 1.45. The van der Waals surface area contributed by atoms with Crippen LogP contribution < -0.4 is 3.83 Å². The Balaban J connectivity index is 3.12. The number of hydrogen-bond acceptors (Lipinski definition) is 3. The summed E-state index contributed by atoms with van der Waals surface area (Å²) in [5, 5.41) is 8.56. The number of carboxylic acids is 1. The summed E-state index contributed by atoms with van der Waals surface area (Å²) in [6, 6.07) is 2.94. The fourth-order valence-electron chi connectivity index (χ4n) is 0.615. The van der Waals surface area contributed by atoms with Crippen LogP contribution in [0, 0.1) is 0 Å². The Morgan fingerprint density at radius 1 is 1.73 bits per heavy atom. The fourth-order valence-corrected chi connectivity index (χ4v) is 0.873. The molecule has 1 aromatic rings. The predicted octanol–water partition coefficient (Wildman–Crippen LogP) is 1.47. The van der Waals surface area contributed by atoms with E-state index in [2.05, 4.69) is 25.1 Å². The van der Waals surface area contributed by atoms with E-state index in [0.717, 1.165) is 0 Å². The fraction of sp³-hybridized carbons (Fsp3) is 0. The Labute approximate surface area is 71.3 Å². The average molecular weight is 218 g/mol. The van der Waals surface area contributed by atoms with Gasteiger partial charge < -0.3 is 8.93 Å². The highest BCUT2D eigenvalue weighted by Gasteiger charge is 2.10. The van der Waals surface area contributed by atoms with E-state index >= 15 is 0 Å². The lowest BCUT2D eigenvalue weighted by Crippen LogP contribution is -1.99. The summed E-state index contributed by atoms with van der Waals surface area (Å²) < 4.78 is 4.53. The molecular weight excluding hydrogens is 214 g/mol. The quantitative estimate of drug-likeness (QED) is 0.816. The molecule has 0 saturated heterocycles. The predicted molar refractivity (Wildman–Crippen MR) is 40.8 cm³/mol. The van der Waals surface area contributed by atoms with Crippen molar-refractivity contribution in [3.63, 3.8) is 0 Å². The molecule has 0 aliphatic rings. The zero-order chi connectivity index (χ0) is 8.27. The molecule has 5 heteroatoms. The second-order valence-electron chi connectivity index (χ2n) is 1.74. The molecule has 0 fully saturated rings. The van der Waals surface area contributed by atoms with Crippen molar-refractivity contribution in [2.45, 2.75) is 0 Å². The van der Waals surface area contributed by atoms with Crippen LogP contribution in [-0.2, 0) is 0 Å². The molecule has 0 aliphatic heterocycles. The smallest absolute Gasteiger partial charge is 0.341 e. The van der Waals surface area contributed by atoms with Gasteiger partial charge in [-0.3, -0.25) is 0 Å². The average Bonchev–Trinajstić information content (AvgIpc) is 2.04. The van der Waals surface area contributed by atoms with Crippen LogP contribution in [0.3, 0.4) is 0 Å². The minimum atomic E-state index is -1.06. The van der Waals surface area contributed by atoms with Gasteiger partial charge in [-0.2, -0.15) is 0 Å². The molecule has 1 heterocycles. The van der Waals surface area contributed by atoms with Gasteiger partial charge in [0, 0.05) is 6.20 Å². The van der Waals surface area contributed by atoms with E-state index in [9.17, 15) is 4.79 Å². The van der Waals surface area contributed by atoms with E-state index in [-0.39, 0.29) is 11.4 Å². The molecule has 4 nitrogen and oxygen atoms in total. The summed E-state index contributed by atoms with van der Waals surface area (Å²) >= 11 is 2.65. The Morgan fingerprint density at radius 2 is 2.45 bits per heavy atom. The first kappa shape index (κ1) is 8.00. The Bertz CT molecular complexity index is 276. The molecule has 0 saturated carbocycles. The van der Waals surface area contributed by atoms with Crippen molar-refractivity contribution in [3.8, 4) is 5.88 Å². The standard InChI is InChI=1S/C6H4BrNO3/c7-11-5-4(6(9)10)2-1-3-8-5/h1-3H,(H,9,10). The highest BCUT2D eigenvalue weighted by Crippen LogP contribution is 2.15. The highest BCUT2D eigenvalue weighted by atomic mass is 79.9. The molecule has 1 N–H and O–H groups in total. The van der Waals surface area contributed by atoms with Gasteiger partial charge in [0.15, 0.2) is 16.3 Å². The van der Waals surface area contributed by atoms with Crippen LogP contribution in [0.4, 0.5) is 0 Å². The monoisotopic (exact) mass is 217 g/mol. The summed E-state index contributed by atoms with van der Waals surface area (Å²) in [5.74, 6) is -1.01. The summed E-state index contributed by atoms with van der Waals surface area (Å²) in [7, 11) is 0. The third-order valence-electron chi connectivity index (χ3n) is 1.07. The number of rotatable bonds is 2. The zero-order valence-corrected chi connectivity index (χ0v) is 6.91. The number of nitrogens with zero attached hydrogens (tertiary/aromatic N) is 1. The summed E-state index contributed by atoms with van der Waals surface area (Å²) in [5.41, 5.74) is 0.0318. The number of carboxylic acid groups (broad SMARTS) is 1. The van der Waals surface area contributed by atoms with Crippen LogP contribution in [0.15, 0.2) is 18.3 Å². The minimum Gasteiger partial charge on any atom is -0.477 e. The topological polar surface area (TPSA) is 59.4 Å². The van der Waals surface area contributed by atoms with Gasteiger partial charge in [0.1, 0.15) is 5.56 Å². The Kier molecular flexibility index (Phi) is 2.43. The number of halogens is 1. The van der Waals surface area contributed by atoms with Gasteiger partial charge in [0.25, 0.3) is 0 Å². The molecule has 58 valence electrons. The van der Waals surface area contributed by atoms with E-state index in [0.29, 0.717) is 0 Å². The van der Waals surface area contributed by atoms with Crippen LogP contribution >= 0.6 is 16.3 Å². The van der Waals surface area contributed by atoms with E-state index in [1.165, 1.54) is 18.3 Å². The van der Waals surface area contributed by atoms with Crippen LogP contribution in [0.25, 0.3) is 0 Å². The second kappa shape index (κ2) is 3.34. The van der Waals surface area contributed by atoms with Gasteiger partial charge in [-0.15, -0.1) is 0 Å². The van der Waals surface area contributed by atoms with E-state index in [4.69, 9.17) is 5.11 Å². The molecule has 0 radical (unpaired) electrons. The first-order valence-corrected chi connectivity index (χ1v) is 3.37. The molecule has 0 aliphatic carbocycles. The largest absolute Gasteiger partial charge is 0.477 e. The molecule has 0 amide bonds. The first-order chi connectivity index (χ1) is 5.25. The molecule has 0 atom stereocenters. The third-order valence-corrected chi connectivity index (χ3v) is 1.38. The molecule has 0 aromatic carbocycles. The molecule has 0 unspecified atom stereocenters. The number of aromatic nitrogens is 1. The van der Waals surface area contributed by atoms with Crippen LogP contribution in [0.5, 0.6) is 5.88 Å². The van der Waals surface area contributed by atoms with Gasteiger partial charge in [0.05, 0.1) is 0 Å². The number of carbonyl (C=O) groups is 1. The van der Waals surface area contributed by atoms with Crippen LogP contribution in [0.2, 0.25) is 0 Å². The first-order valence-electron chi connectivity index (χ1n) is 2.72. The minimum absolute atomic E-state index is 0.0318. The maximum atomic E-state index is 10.4. The number of hydrogen-bond donors (Lipinski definition) is 1. The Morgan fingerprint density at radius 3 is 2.91 bits per heavy atom. The Hall–Kier alpha value is -1.10. The van der Waals surface area contributed by atoms with Crippen molar-refractivity contribution in [1.82, 2.24) is 4.98 Å². The van der Waals surface area contributed by atoms with E-state index in [1.54, 1.807) is 0 Å². The number of pyridine rings is 1. The van der Waals surface area contributed by atoms with Gasteiger partial charge in [-0.25, -0.2) is 9.78 Å². The van der Waals surface area contributed by atoms with Crippen LogP contribution in [-0.4, -0.2) is 16.1 Å². The lowest BCUT2D eigenvalue weighted by atomic mass is 10.3. The summed E-state index contributed by atoms with van der Waals surface area (Å²) in [4.78, 5) is 14.1. The third kappa shape index (κ3) is 1.68. The summed E-state index contributed by atoms with van der Waals surface area (Å²) in [6.45, 7) is 0. The van der Waals surface area contributed by atoms with Gasteiger partial charge >= 0.3 is 5.97 Å². The lowest BCUT2D eigenvalue weighted by Gasteiger charge is -1.98. The normalized spacial score (nSPS) is 9.18. The second-order valence-corrected chi connectivity index (χ2v) is 2.06.